The van der Waals surface area contributed by atoms with Gasteiger partial charge in [0.05, 0.1) is 5.02 Å². The molecule has 2 N–H and O–H groups in total. The summed E-state index contributed by atoms with van der Waals surface area (Å²) >= 11 is 6.23. The Morgan fingerprint density at radius 1 is 1.33 bits per heavy atom. The van der Waals surface area contributed by atoms with Gasteiger partial charge in [0.15, 0.2) is 5.82 Å². The van der Waals surface area contributed by atoms with Gasteiger partial charge in [0.1, 0.15) is 0 Å². The Bertz CT molecular complexity index is 768. The van der Waals surface area contributed by atoms with Crippen LogP contribution in [0.4, 0.5) is 0 Å². The van der Waals surface area contributed by atoms with Gasteiger partial charge in [-0.05, 0) is 30.5 Å². The molecule has 1 heterocycles. The van der Waals surface area contributed by atoms with E-state index in [2.05, 4.69) is 10.2 Å². The molecule has 0 amide bonds. The van der Waals surface area contributed by atoms with E-state index in [9.17, 15) is 8.42 Å². The summed E-state index contributed by atoms with van der Waals surface area (Å²) in [7, 11) is -3.94. The maximum atomic E-state index is 11.6. The van der Waals surface area contributed by atoms with Crippen LogP contribution in [-0.4, -0.2) is 23.2 Å². The number of sulfonamides is 1. The third-order valence-corrected chi connectivity index (χ3v) is 4.01. The summed E-state index contributed by atoms with van der Waals surface area (Å²) in [5.74, 6) is 0.599. The van der Waals surface area contributed by atoms with E-state index in [1.54, 1.807) is 12.1 Å². The second-order valence-electron chi connectivity index (χ2n) is 5.34. The number of rotatable bonds is 4. The summed E-state index contributed by atoms with van der Waals surface area (Å²) in [5.41, 5.74) is 1.63. The van der Waals surface area contributed by atoms with Crippen molar-refractivity contribution >= 4 is 21.6 Å². The van der Waals surface area contributed by atoms with Crippen LogP contribution in [0, 0.1) is 12.8 Å². The Morgan fingerprint density at radius 2 is 2.00 bits per heavy atom. The number of aromatic nitrogens is 3. The van der Waals surface area contributed by atoms with Crippen molar-refractivity contribution in [1.29, 1.82) is 0 Å². The van der Waals surface area contributed by atoms with Gasteiger partial charge in [-0.3, -0.25) is 4.57 Å². The molecule has 0 radical (unpaired) electrons. The number of hydrogen-bond acceptors (Lipinski definition) is 4. The van der Waals surface area contributed by atoms with Crippen molar-refractivity contribution in [2.75, 3.05) is 0 Å². The summed E-state index contributed by atoms with van der Waals surface area (Å²) in [6.07, 6.45) is 0. The number of halogens is 1. The van der Waals surface area contributed by atoms with E-state index >= 15 is 0 Å². The van der Waals surface area contributed by atoms with Crippen LogP contribution in [0.3, 0.4) is 0 Å². The molecular weight excluding hydrogens is 312 g/mol. The average molecular weight is 329 g/mol. The fourth-order valence-electron chi connectivity index (χ4n) is 2.03. The molecule has 0 bridgehead atoms. The zero-order valence-electron chi connectivity index (χ0n) is 12.0. The highest BCUT2D eigenvalue weighted by Crippen LogP contribution is 2.29. The van der Waals surface area contributed by atoms with Crippen LogP contribution in [0.25, 0.3) is 11.4 Å². The zero-order chi connectivity index (χ0) is 15.8. The van der Waals surface area contributed by atoms with Crippen LogP contribution in [-0.2, 0) is 16.6 Å². The van der Waals surface area contributed by atoms with Gasteiger partial charge >= 0.3 is 0 Å². The highest BCUT2D eigenvalue weighted by atomic mass is 35.5. The van der Waals surface area contributed by atoms with Crippen LogP contribution in [0.2, 0.25) is 5.02 Å². The lowest BCUT2D eigenvalue weighted by atomic mass is 10.1. The minimum Gasteiger partial charge on any atom is -0.296 e. The molecule has 1 aromatic carbocycles. The van der Waals surface area contributed by atoms with Crippen molar-refractivity contribution < 1.29 is 8.42 Å². The summed E-state index contributed by atoms with van der Waals surface area (Å²) in [5, 5.41) is 13.1. The minimum atomic E-state index is -3.94. The molecule has 8 heteroatoms. The second-order valence-corrected chi connectivity index (χ2v) is 7.20. The number of primary sulfonamides is 1. The molecule has 2 rings (SSSR count). The Morgan fingerprint density at radius 3 is 2.52 bits per heavy atom. The van der Waals surface area contributed by atoms with Gasteiger partial charge in [0.25, 0.3) is 15.2 Å². The Hall–Kier alpha value is -1.44. The predicted octanol–water partition coefficient (Wildman–Crippen LogP) is 2.21. The van der Waals surface area contributed by atoms with Crippen LogP contribution in [0.15, 0.2) is 23.4 Å². The summed E-state index contributed by atoms with van der Waals surface area (Å²) in [4.78, 5) is 0. The molecule has 0 aliphatic rings. The van der Waals surface area contributed by atoms with Crippen LogP contribution in [0.5, 0.6) is 0 Å². The van der Waals surface area contributed by atoms with Gasteiger partial charge in [0.2, 0.25) is 0 Å². The van der Waals surface area contributed by atoms with Gasteiger partial charge in [-0.1, -0.05) is 31.5 Å². The van der Waals surface area contributed by atoms with Crippen molar-refractivity contribution in [1.82, 2.24) is 14.8 Å². The normalized spacial score (nSPS) is 12.1. The molecule has 0 aliphatic carbocycles. The molecule has 0 spiro atoms. The molecule has 0 saturated heterocycles. The van der Waals surface area contributed by atoms with E-state index in [1.807, 2.05) is 26.8 Å². The first-order valence-electron chi connectivity index (χ1n) is 6.42. The summed E-state index contributed by atoms with van der Waals surface area (Å²) in [6.45, 7) is 6.28. The molecular formula is C13H17ClN4O2S. The Balaban J connectivity index is 2.66. The SMILES string of the molecule is Cc1ccc(-c2nnc(S(N)(=O)=O)n2CC(C)C)c(Cl)c1. The molecule has 0 fully saturated rings. The number of aryl methyl sites for hydroxylation is 1. The van der Waals surface area contributed by atoms with E-state index < -0.39 is 10.0 Å². The van der Waals surface area contributed by atoms with Gasteiger partial charge in [-0.15, -0.1) is 10.2 Å². The maximum Gasteiger partial charge on any atom is 0.273 e. The topological polar surface area (TPSA) is 90.9 Å². The first-order chi connectivity index (χ1) is 9.70. The molecule has 21 heavy (non-hydrogen) atoms. The standard InChI is InChI=1S/C13H17ClN4O2S/c1-8(2)7-18-12(16-17-13(18)21(15,19)20)10-5-4-9(3)6-11(10)14/h4-6,8H,7H2,1-3H3,(H2,15,19,20). The van der Waals surface area contributed by atoms with Crippen molar-refractivity contribution in [2.45, 2.75) is 32.5 Å². The van der Waals surface area contributed by atoms with Crippen LogP contribution in [0.1, 0.15) is 19.4 Å². The van der Waals surface area contributed by atoms with Crippen molar-refractivity contribution in [3.63, 3.8) is 0 Å². The quantitative estimate of drug-likeness (QED) is 0.931. The largest absolute Gasteiger partial charge is 0.296 e. The highest BCUT2D eigenvalue weighted by molar-refractivity contribution is 7.89. The predicted molar refractivity (Wildman–Crippen MR) is 81.4 cm³/mol. The highest BCUT2D eigenvalue weighted by Gasteiger charge is 2.23. The lowest BCUT2D eigenvalue weighted by Gasteiger charge is -2.12. The third kappa shape index (κ3) is 3.42. The van der Waals surface area contributed by atoms with Crippen LogP contribution >= 0.6 is 11.6 Å². The van der Waals surface area contributed by atoms with Gasteiger partial charge in [0, 0.05) is 12.1 Å². The molecule has 1 aromatic heterocycles. The molecule has 2 aromatic rings. The molecule has 6 nitrogen and oxygen atoms in total. The fourth-order valence-corrected chi connectivity index (χ4v) is 2.97. The lowest BCUT2D eigenvalue weighted by Crippen LogP contribution is -2.20. The molecule has 114 valence electrons. The Kier molecular flexibility index (Phi) is 4.36. The smallest absolute Gasteiger partial charge is 0.273 e. The van der Waals surface area contributed by atoms with Crippen molar-refractivity contribution in [2.24, 2.45) is 11.1 Å². The Labute approximate surface area is 129 Å². The fraction of sp³-hybridized carbons (Fsp3) is 0.385. The molecule has 0 unspecified atom stereocenters. The van der Waals surface area contributed by atoms with Gasteiger partial charge in [-0.2, -0.15) is 0 Å². The van der Waals surface area contributed by atoms with E-state index in [0.717, 1.165) is 5.56 Å². The third-order valence-electron chi connectivity index (χ3n) is 2.88. The second kappa shape index (κ2) is 5.75. The first-order valence-corrected chi connectivity index (χ1v) is 8.35. The minimum absolute atomic E-state index is 0.199. The maximum absolute atomic E-state index is 11.6. The van der Waals surface area contributed by atoms with Gasteiger partial charge in [-0.25, -0.2) is 13.6 Å². The summed E-state index contributed by atoms with van der Waals surface area (Å²) in [6, 6.07) is 5.47. The van der Waals surface area contributed by atoms with E-state index in [4.69, 9.17) is 16.7 Å². The van der Waals surface area contributed by atoms with Gasteiger partial charge < -0.3 is 0 Å². The zero-order valence-corrected chi connectivity index (χ0v) is 13.6. The number of nitrogens with zero attached hydrogens (tertiary/aromatic N) is 3. The van der Waals surface area contributed by atoms with Crippen LogP contribution < -0.4 is 5.14 Å². The van der Waals surface area contributed by atoms with Crippen molar-refractivity contribution in [3.8, 4) is 11.4 Å². The average Bonchev–Trinajstić information content (AvgIpc) is 2.71. The molecule has 0 atom stereocenters. The lowest BCUT2D eigenvalue weighted by molar-refractivity contribution is 0.486. The van der Waals surface area contributed by atoms with E-state index in [-0.39, 0.29) is 11.1 Å². The van der Waals surface area contributed by atoms with E-state index in [1.165, 1.54) is 4.57 Å². The van der Waals surface area contributed by atoms with Crippen molar-refractivity contribution in [3.05, 3.63) is 28.8 Å². The molecule has 0 aliphatic heterocycles. The number of benzene rings is 1. The monoisotopic (exact) mass is 328 g/mol. The summed E-state index contributed by atoms with van der Waals surface area (Å²) < 4.78 is 24.8. The number of nitrogens with two attached hydrogens (primary N) is 1. The first kappa shape index (κ1) is 15.9. The molecule has 0 saturated carbocycles. The number of hydrogen-bond donors (Lipinski definition) is 1. The van der Waals surface area contributed by atoms with E-state index in [0.29, 0.717) is 23.0 Å².